The molecule has 3 nitrogen and oxygen atoms in total. The van der Waals surface area contributed by atoms with Gasteiger partial charge in [0.1, 0.15) is 24.7 Å². The van der Waals surface area contributed by atoms with Gasteiger partial charge in [0.05, 0.1) is 5.69 Å². The first kappa shape index (κ1) is 15.3. The highest BCUT2D eigenvalue weighted by molar-refractivity contribution is 9.10. The van der Waals surface area contributed by atoms with Crippen molar-refractivity contribution in [3.8, 4) is 11.5 Å². The minimum atomic E-state index is 0.487. The van der Waals surface area contributed by atoms with E-state index in [1.165, 1.54) is 0 Å². The van der Waals surface area contributed by atoms with Crippen molar-refractivity contribution < 1.29 is 9.47 Å². The summed E-state index contributed by atoms with van der Waals surface area (Å²) in [4.78, 5) is 4.42. The number of alkyl halides is 1. The maximum Gasteiger partial charge on any atom is 0.141 e. The van der Waals surface area contributed by atoms with Gasteiger partial charge in [-0.05, 0) is 43.3 Å². The van der Waals surface area contributed by atoms with E-state index in [2.05, 4.69) is 36.8 Å². The fourth-order valence-electron chi connectivity index (χ4n) is 1.67. The number of nitrogens with zero attached hydrogens (tertiary/aromatic N) is 1. The molecule has 2 aromatic rings. The zero-order valence-corrected chi connectivity index (χ0v) is 14.3. The Morgan fingerprint density at radius 3 is 2.40 bits per heavy atom. The molecular formula is C15H15Br2NO2. The smallest absolute Gasteiger partial charge is 0.141 e. The van der Waals surface area contributed by atoms with Crippen molar-refractivity contribution in [1.29, 1.82) is 0 Å². The molecule has 2 rings (SSSR count). The van der Waals surface area contributed by atoms with Gasteiger partial charge in [-0.1, -0.05) is 31.9 Å². The third-order valence-electron chi connectivity index (χ3n) is 2.62. The predicted molar refractivity (Wildman–Crippen MR) is 86.7 cm³/mol. The fraction of sp³-hybridized carbons (Fsp3) is 0.267. The molecule has 0 aliphatic carbocycles. The van der Waals surface area contributed by atoms with Crippen LogP contribution in [0.2, 0.25) is 0 Å². The SMILES string of the molecule is Cc1ccc(OCCOc2ccc(Br)cc2)c(CBr)n1. The first-order valence-corrected chi connectivity index (χ1v) is 8.14. The molecule has 0 spiro atoms. The maximum absolute atomic E-state index is 5.70. The number of hydrogen-bond acceptors (Lipinski definition) is 3. The van der Waals surface area contributed by atoms with Crippen LogP contribution < -0.4 is 9.47 Å². The summed E-state index contributed by atoms with van der Waals surface area (Å²) >= 11 is 6.80. The van der Waals surface area contributed by atoms with Gasteiger partial charge in [-0.2, -0.15) is 0 Å². The van der Waals surface area contributed by atoms with Crippen LogP contribution in [0.15, 0.2) is 40.9 Å². The van der Waals surface area contributed by atoms with E-state index in [1.54, 1.807) is 0 Å². The maximum atomic E-state index is 5.70. The molecule has 0 aliphatic heterocycles. The molecule has 0 bridgehead atoms. The highest BCUT2D eigenvalue weighted by Crippen LogP contribution is 2.20. The Hall–Kier alpha value is -1.07. The Labute approximate surface area is 135 Å². The number of pyridine rings is 1. The van der Waals surface area contributed by atoms with Crippen LogP contribution >= 0.6 is 31.9 Å². The molecule has 1 heterocycles. The van der Waals surface area contributed by atoms with Crippen LogP contribution in [0.5, 0.6) is 11.5 Å². The Kier molecular flexibility index (Phi) is 5.86. The van der Waals surface area contributed by atoms with Crippen LogP contribution in [0.25, 0.3) is 0 Å². The Bertz CT molecular complexity index is 558. The van der Waals surface area contributed by atoms with Crippen molar-refractivity contribution >= 4 is 31.9 Å². The van der Waals surface area contributed by atoms with Crippen molar-refractivity contribution in [2.75, 3.05) is 13.2 Å². The second-order valence-corrected chi connectivity index (χ2v) is 5.66. The predicted octanol–water partition coefficient (Wildman–Crippen LogP) is 4.51. The quantitative estimate of drug-likeness (QED) is 0.528. The van der Waals surface area contributed by atoms with Gasteiger partial charge in [-0.15, -0.1) is 0 Å². The van der Waals surface area contributed by atoms with Crippen LogP contribution in [-0.2, 0) is 5.33 Å². The number of halogens is 2. The first-order chi connectivity index (χ1) is 9.69. The molecule has 20 heavy (non-hydrogen) atoms. The molecule has 1 aromatic heterocycles. The summed E-state index contributed by atoms with van der Waals surface area (Å²) in [7, 11) is 0. The number of ether oxygens (including phenoxy) is 2. The lowest BCUT2D eigenvalue weighted by molar-refractivity contribution is 0.215. The minimum Gasteiger partial charge on any atom is -0.490 e. The first-order valence-electron chi connectivity index (χ1n) is 6.22. The lowest BCUT2D eigenvalue weighted by Crippen LogP contribution is -2.10. The van der Waals surface area contributed by atoms with E-state index in [0.29, 0.717) is 18.5 Å². The Morgan fingerprint density at radius 1 is 1.00 bits per heavy atom. The van der Waals surface area contributed by atoms with E-state index in [0.717, 1.165) is 27.4 Å². The third-order valence-corrected chi connectivity index (χ3v) is 3.68. The summed E-state index contributed by atoms with van der Waals surface area (Å²) in [5, 5.41) is 0.678. The van der Waals surface area contributed by atoms with E-state index < -0.39 is 0 Å². The van der Waals surface area contributed by atoms with E-state index in [4.69, 9.17) is 9.47 Å². The second-order valence-electron chi connectivity index (χ2n) is 4.18. The molecule has 0 saturated heterocycles. The summed E-state index contributed by atoms with van der Waals surface area (Å²) < 4.78 is 12.3. The topological polar surface area (TPSA) is 31.4 Å². The molecule has 106 valence electrons. The largest absolute Gasteiger partial charge is 0.490 e. The molecular weight excluding hydrogens is 386 g/mol. The second kappa shape index (κ2) is 7.64. The summed E-state index contributed by atoms with van der Waals surface area (Å²) in [6.07, 6.45) is 0. The lowest BCUT2D eigenvalue weighted by Gasteiger charge is -2.11. The average molecular weight is 401 g/mol. The van der Waals surface area contributed by atoms with E-state index in [1.807, 2.05) is 43.3 Å². The number of benzene rings is 1. The highest BCUT2D eigenvalue weighted by atomic mass is 79.9. The van der Waals surface area contributed by atoms with Crippen LogP contribution in [-0.4, -0.2) is 18.2 Å². The van der Waals surface area contributed by atoms with Crippen molar-refractivity contribution in [3.63, 3.8) is 0 Å². The molecule has 0 fully saturated rings. The van der Waals surface area contributed by atoms with E-state index in [9.17, 15) is 0 Å². The number of rotatable bonds is 6. The molecule has 0 N–H and O–H groups in total. The molecule has 0 aliphatic rings. The van der Waals surface area contributed by atoms with Gasteiger partial charge >= 0.3 is 0 Å². The summed E-state index contributed by atoms with van der Waals surface area (Å²) in [5.74, 6) is 1.63. The minimum absolute atomic E-state index is 0.487. The van der Waals surface area contributed by atoms with Crippen molar-refractivity contribution in [3.05, 3.63) is 52.3 Å². The van der Waals surface area contributed by atoms with Crippen LogP contribution in [0, 0.1) is 6.92 Å². The fourth-order valence-corrected chi connectivity index (χ4v) is 2.33. The van der Waals surface area contributed by atoms with Gasteiger partial charge in [0.25, 0.3) is 0 Å². The summed E-state index contributed by atoms with van der Waals surface area (Å²) in [6, 6.07) is 11.6. The summed E-state index contributed by atoms with van der Waals surface area (Å²) in [5.41, 5.74) is 1.89. The van der Waals surface area contributed by atoms with E-state index in [-0.39, 0.29) is 0 Å². The molecule has 0 amide bonds. The van der Waals surface area contributed by atoms with Gasteiger partial charge in [0.2, 0.25) is 0 Å². The van der Waals surface area contributed by atoms with Crippen LogP contribution in [0.1, 0.15) is 11.4 Å². The molecule has 0 saturated carbocycles. The van der Waals surface area contributed by atoms with Gasteiger partial charge in [0.15, 0.2) is 0 Å². The molecule has 0 unspecified atom stereocenters. The zero-order valence-electron chi connectivity index (χ0n) is 11.1. The average Bonchev–Trinajstić information content (AvgIpc) is 2.46. The van der Waals surface area contributed by atoms with Gasteiger partial charge in [-0.25, -0.2) is 0 Å². The number of aromatic nitrogens is 1. The van der Waals surface area contributed by atoms with Gasteiger partial charge in [0, 0.05) is 15.5 Å². The lowest BCUT2D eigenvalue weighted by atomic mass is 10.3. The molecule has 0 atom stereocenters. The molecule has 0 radical (unpaired) electrons. The van der Waals surface area contributed by atoms with E-state index >= 15 is 0 Å². The molecule has 1 aromatic carbocycles. The highest BCUT2D eigenvalue weighted by Gasteiger charge is 2.04. The standard InChI is InChI=1S/C15H15Br2NO2/c1-11-2-7-15(14(10-16)18-11)20-9-8-19-13-5-3-12(17)4-6-13/h2-7H,8-10H2,1H3. The van der Waals surface area contributed by atoms with Crippen molar-refractivity contribution in [2.24, 2.45) is 0 Å². The number of aryl methyl sites for hydroxylation is 1. The Morgan fingerprint density at radius 2 is 1.70 bits per heavy atom. The monoisotopic (exact) mass is 399 g/mol. The number of hydrogen-bond donors (Lipinski definition) is 0. The Balaban J connectivity index is 1.82. The zero-order chi connectivity index (χ0) is 14.4. The molecule has 5 heteroatoms. The van der Waals surface area contributed by atoms with Gasteiger partial charge in [-0.3, -0.25) is 4.98 Å². The third kappa shape index (κ3) is 4.49. The van der Waals surface area contributed by atoms with Crippen molar-refractivity contribution in [2.45, 2.75) is 12.3 Å². The van der Waals surface area contributed by atoms with Gasteiger partial charge < -0.3 is 9.47 Å². The van der Waals surface area contributed by atoms with Crippen molar-refractivity contribution in [1.82, 2.24) is 4.98 Å². The normalized spacial score (nSPS) is 10.3. The summed E-state index contributed by atoms with van der Waals surface area (Å²) in [6.45, 7) is 2.95. The van der Waals surface area contributed by atoms with Crippen LogP contribution in [0.4, 0.5) is 0 Å². The van der Waals surface area contributed by atoms with Crippen LogP contribution in [0.3, 0.4) is 0 Å².